The Morgan fingerprint density at radius 1 is 1.03 bits per heavy atom. The highest BCUT2D eigenvalue weighted by atomic mass is 15.4. The fraction of sp³-hybridized carbons (Fsp3) is 0.393. The van der Waals surface area contributed by atoms with Gasteiger partial charge in [0.15, 0.2) is 5.82 Å². The van der Waals surface area contributed by atoms with Crippen LogP contribution in [0.1, 0.15) is 37.8 Å². The number of benzene rings is 1. The molecule has 1 aromatic carbocycles. The van der Waals surface area contributed by atoms with Gasteiger partial charge in [0.05, 0.1) is 17.6 Å². The lowest BCUT2D eigenvalue weighted by Crippen LogP contribution is -2.37. The lowest BCUT2D eigenvalue weighted by atomic mass is 10.0. The number of anilines is 4. The van der Waals surface area contributed by atoms with Gasteiger partial charge in [-0.1, -0.05) is 38.1 Å². The van der Waals surface area contributed by atoms with Crippen LogP contribution in [0.15, 0.2) is 48.7 Å². The Balaban J connectivity index is 1.17. The van der Waals surface area contributed by atoms with E-state index in [0.29, 0.717) is 17.8 Å². The Bertz CT molecular complexity index is 1410. The number of hydrogen-bond acceptors (Lipinski definition) is 9. The summed E-state index contributed by atoms with van der Waals surface area (Å²) in [4.78, 5) is 14.0. The summed E-state index contributed by atoms with van der Waals surface area (Å²) in [5, 5.41) is 16.8. The first-order valence-corrected chi connectivity index (χ1v) is 13.5. The van der Waals surface area contributed by atoms with Crippen LogP contribution in [0, 0.1) is 0 Å². The summed E-state index contributed by atoms with van der Waals surface area (Å²) in [6.07, 6.45) is 6.00. The van der Waals surface area contributed by atoms with Crippen LogP contribution in [0.4, 0.5) is 23.4 Å². The van der Waals surface area contributed by atoms with Crippen molar-refractivity contribution in [2.75, 3.05) is 42.1 Å². The van der Waals surface area contributed by atoms with Crippen LogP contribution < -0.4 is 16.0 Å². The highest BCUT2D eigenvalue weighted by Crippen LogP contribution is 2.31. The smallest absolute Gasteiger partial charge is 0.248 e. The van der Waals surface area contributed by atoms with Gasteiger partial charge in [-0.3, -0.25) is 4.90 Å². The van der Waals surface area contributed by atoms with Crippen molar-refractivity contribution >= 4 is 23.4 Å². The van der Waals surface area contributed by atoms with Gasteiger partial charge < -0.3 is 16.0 Å². The van der Waals surface area contributed by atoms with Crippen molar-refractivity contribution in [2.24, 2.45) is 0 Å². The molecule has 1 unspecified atom stereocenters. The van der Waals surface area contributed by atoms with Crippen molar-refractivity contribution in [3.8, 4) is 17.1 Å². The number of aromatic nitrogens is 6. The van der Waals surface area contributed by atoms with Gasteiger partial charge in [0.25, 0.3) is 0 Å². The molecule has 6 rings (SSSR count). The van der Waals surface area contributed by atoms with Crippen LogP contribution in [0.2, 0.25) is 0 Å². The van der Waals surface area contributed by atoms with Crippen molar-refractivity contribution in [1.29, 1.82) is 0 Å². The van der Waals surface area contributed by atoms with Gasteiger partial charge in [-0.15, -0.1) is 15.3 Å². The van der Waals surface area contributed by atoms with Crippen molar-refractivity contribution < 1.29 is 0 Å². The molecule has 3 aromatic heterocycles. The van der Waals surface area contributed by atoms with E-state index in [1.165, 1.54) is 16.7 Å². The van der Waals surface area contributed by atoms with Crippen LogP contribution in [-0.2, 0) is 12.8 Å². The molecule has 10 heteroatoms. The second-order valence-electron chi connectivity index (χ2n) is 9.93. The molecule has 0 saturated carbocycles. The molecule has 1 fully saturated rings. The van der Waals surface area contributed by atoms with Gasteiger partial charge in [-0.2, -0.15) is 9.67 Å². The minimum atomic E-state index is 0.250. The van der Waals surface area contributed by atoms with Crippen molar-refractivity contribution in [2.45, 2.75) is 45.6 Å². The number of likely N-dealkylation sites (N-methyl/N-ethyl adjacent to an activating group) is 1. The van der Waals surface area contributed by atoms with Crippen LogP contribution >= 0.6 is 0 Å². The molecule has 0 radical (unpaired) electrons. The first-order chi connectivity index (χ1) is 18.6. The van der Waals surface area contributed by atoms with Crippen LogP contribution in [0.25, 0.3) is 17.1 Å². The molecule has 4 aromatic rings. The average Bonchev–Trinajstić information content (AvgIpc) is 3.52. The van der Waals surface area contributed by atoms with Crippen LogP contribution in [-0.4, -0.2) is 67.1 Å². The quantitative estimate of drug-likeness (QED) is 0.383. The predicted molar refractivity (Wildman–Crippen MR) is 150 cm³/mol. The maximum absolute atomic E-state index is 6.23. The monoisotopic (exact) mass is 510 g/mol. The van der Waals surface area contributed by atoms with Crippen molar-refractivity contribution in [3.63, 3.8) is 0 Å². The second-order valence-corrected chi connectivity index (χ2v) is 9.93. The third kappa shape index (κ3) is 4.67. The van der Waals surface area contributed by atoms with E-state index >= 15 is 0 Å². The van der Waals surface area contributed by atoms with Crippen LogP contribution in [0.3, 0.4) is 0 Å². The Labute approximate surface area is 222 Å². The number of nitrogens with one attached hydrogen (secondary N) is 1. The molecule has 10 nitrogen and oxygen atoms in total. The largest absolute Gasteiger partial charge is 0.368 e. The summed E-state index contributed by atoms with van der Waals surface area (Å²) >= 11 is 0. The number of pyridine rings is 1. The molecule has 38 heavy (non-hydrogen) atoms. The summed E-state index contributed by atoms with van der Waals surface area (Å²) in [6.45, 7) is 8.66. The minimum absolute atomic E-state index is 0.250. The van der Waals surface area contributed by atoms with Gasteiger partial charge in [0.1, 0.15) is 5.82 Å². The van der Waals surface area contributed by atoms with E-state index in [9.17, 15) is 0 Å². The molecule has 0 amide bonds. The number of fused-ring (bicyclic) bond motifs is 3. The number of nitrogen functional groups attached to an aromatic ring is 1. The molecular formula is C28H34N10. The van der Waals surface area contributed by atoms with E-state index in [4.69, 9.17) is 10.7 Å². The van der Waals surface area contributed by atoms with E-state index in [-0.39, 0.29) is 5.95 Å². The molecule has 1 aliphatic carbocycles. The Morgan fingerprint density at radius 3 is 2.68 bits per heavy atom. The van der Waals surface area contributed by atoms with Gasteiger partial charge >= 0.3 is 0 Å². The summed E-state index contributed by atoms with van der Waals surface area (Å²) in [7, 11) is 0. The molecule has 0 bridgehead atoms. The number of rotatable bonds is 7. The van der Waals surface area contributed by atoms with Crippen molar-refractivity contribution in [3.05, 3.63) is 59.8 Å². The molecule has 1 aliphatic heterocycles. The van der Waals surface area contributed by atoms with Crippen molar-refractivity contribution in [1.82, 2.24) is 34.8 Å². The van der Waals surface area contributed by atoms with E-state index in [2.05, 4.69) is 67.4 Å². The maximum Gasteiger partial charge on any atom is 0.248 e. The lowest BCUT2D eigenvalue weighted by molar-refractivity contribution is 0.232. The lowest BCUT2D eigenvalue weighted by Gasteiger charge is -2.26. The zero-order chi connectivity index (χ0) is 26.1. The Hall–Kier alpha value is -4.05. The summed E-state index contributed by atoms with van der Waals surface area (Å²) in [5.41, 5.74) is 11.6. The van der Waals surface area contributed by atoms with Crippen LogP contribution in [0.5, 0.6) is 0 Å². The predicted octanol–water partition coefficient (Wildman–Crippen LogP) is 3.85. The molecule has 1 saturated heterocycles. The normalized spacial score (nSPS) is 16.8. The highest BCUT2D eigenvalue weighted by Gasteiger charge is 2.27. The molecule has 1 atom stereocenters. The summed E-state index contributed by atoms with van der Waals surface area (Å²) in [5.74, 6) is 2.19. The number of hydrogen-bond donors (Lipinski definition) is 2. The molecule has 196 valence electrons. The molecular weight excluding hydrogens is 476 g/mol. The highest BCUT2D eigenvalue weighted by molar-refractivity contribution is 5.68. The third-order valence-corrected chi connectivity index (χ3v) is 7.69. The fourth-order valence-corrected chi connectivity index (χ4v) is 5.69. The van der Waals surface area contributed by atoms with E-state index in [1.807, 2.05) is 30.5 Å². The molecule has 0 spiro atoms. The van der Waals surface area contributed by atoms with E-state index in [0.717, 1.165) is 73.8 Å². The average molecular weight is 511 g/mol. The third-order valence-electron chi connectivity index (χ3n) is 7.69. The SMILES string of the molecule is CCN(CC)C1CCN(c2ccc(Nc3nc(N)n(-c4cc5c(nn4)-c4ccccc4CCC5)n3)cn2)C1. The number of aryl methyl sites for hydroxylation is 2. The summed E-state index contributed by atoms with van der Waals surface area (Å²) in [6, 6.07) is 15.1. The Kier molecular flexibility index (Phi) is 6.63. The first kappa shape index (κ1) is 24.3. The zero-order valence-corrected chi connectivity index (χ0v) is 22.0. The van der Waals surface area contributed by atoms with Gasteiger partial charge in [0, 0.05) is 24.7 Å². The number of nitrogens with two attached hydrogens (primary N) is 1. The van der Waals surface area contributed by atoms with Gasteiger partial charge in [-0.05, 0) is 68.1 Å². The molecule has 4 heterocycles. The van der Waals surface area contributed by atoms with E-state index in [1.54, 1.807) is 0 Å². The van der Waals surface area contributed by atoms with E-state index < -0.39 is 0 Å². The maximum atomic E-state index is 6.23. The minimum Gasteiger partial charge on any atom is -0.368 e. The topological polar surface area (TPSA) is 114 Å². The van der Waals surface area contributed by atoms with Gasteiger partial charge in [-0.25, -0.2) is 4.98 Å². The first-order valence-electron chi connectivity index (χ1n) is 13.5. The number of nitrogens with zero attached hydrogens (tertiary/aromatic N) is 8. The summed E-state index contributed by atoms with van der Waals surface area (Å²) < 4.78 is 1.53. The molecule has 3 N–H and O–H groups in total. The second kappa shape index (κ2) is 10.4. The zero-order valence-electron chi connectivity index (χ0n) is 22.0. The standard InChI is InChI=1S/C28H34N10/c1-3-36(4-2)22-14-15-37(18-22)24-13-12-21(17-30-24)31-28-32-27(29)38(35-28)25-16-20-10-7-9-19-8-5-6-11-23(19)26(20)34-33-25/h5-6,8,11-13,16-17,22H,3-4,7,9-10,14-15,18H2,1-2H3,(H3,29,31,32,35). The fourth-order valence-electron chi connectivity index (χ4n) is 5.69. The van der Waals surface area contributed by atoms with Gasteiger partial charge in [0.2, 0.25) is 11.9 Å². The Morgan fingerprint density at radius 2 is 1.87 bits per heavy atom. The molecule has 2 aliphatic rings.